The highest BCUT2D eigenvalue weighted by atomic mass is 35.5. The van der Waals surface area contributed by atoms with Crippen LogP contribution in [0.2, 0.25) is 10.0 Å². The third-order valence-corrected chi connectivity index (χ3v) is 7.31. The summed E-state index contributed by atoms with van der Waals surface area (Å²) in [5.74, 6) is -0.423. The van der Waals surface area contributed by atoms with Gasteiger partial charge in [0.15, 0.2) is 5.65 Å². The van der Waals surface area contributed by atoms with Gasteiger partial charge in [-0.2, -0.15) is 4.98 Å². The standard InChI is InChI=1S/C21H23Cl2N4O7P/c1-10-17(29)16(34-20(10)27-6-4-12-18(27)25-21(24)26-19(12)30)9-33-35(31)32-7-5-15(28)11-2-3-13(22)14(23)8-11/h2-4,6,8,10,15-17,20,28-29H,5,7,9H2,1H3,(H2-,24,25,26,30)/p+1. The number of nitrogens with one attached hydrogen (secondary N) is 1. The third-order valence-electron chi connectivity index (χ3n) is 5.82. The van der Waals surface area contributed by atoms with Gasteiger partial charge in [-0.05, 0) is 23.8 Å². The molecule has 5 N–H and O–H groups in total. The van der Waals surface area contributed by atoms with E-state index in [2.05, 4.69) is 9.97 Å². The number of aliphatic hydroxyl groups is 2. The number of aliphatic hydroxyl groups excluding tert-OH is 2. The van der Waals surface area contributed by atoms with Gasteiger partial charge in [0, 0.05) is 23.1 Å². The summed E-state index contributed by atoms with van der Waals surface area (Å²) in [6, 6.07) is 6.35. The Labute approximate surface area is 210 Å². The van der Waals surface area contributed by atoms with Crippen molar-refractivity contribution in [3.8, 4) is 0 Å². The van der Waals surface area contributed by atoms with Crippen LogP contribution in [0.1, 0.15) is 31.2 Å². The van der Waals surface area contributed by atoms with Gasteiger partial charge in [-0.1, -0.05) is 36.2 Å². The number of aromatic amines is 1. The average Bonchev–Trinajstić information content (AvgIpc) is 3.35. The van der Waals surface area contributed by atoms with E-state index in [9.17, 15) is 19.6 Å². The van der Waals surface area contributed by atoms with Crippen molar-refractivity contribution in [3.63, 3.8) is 0 Å². The van der Waals surface area contributed by atoms with Crippen LogP contribution in [0.3, 0.4) is 0 Å². The number of nitrogen functional groups attached to an aromatic ring is 1. The van der Waals surface area contributed by atoms with Gasteiger partial charge < -0.3 is 25.3 Å². The summed E-state index contributed by atoms with van der Waals surface area (Å²) in [4.78, 5) is 18.7. The van der Waals surface area contributed by atoms with Crippen molar-refractivity contribution in [1.82, 2.24) is 14.5 Å². The number of H-pyrrole nitrogens is 1. The van der Waals surface area contributed by atoms with Gasteiger partial charge in [0.05, 0.1) is 27.6 Å². The molecule has 3 aromatic rings. The molecule has 1 aliphatic rings. The third kappa shape index (κ3) is 5.68. The van der Waals surface area contributed by atoms with Crippen LogP contribution >= 0.6 is 31.5 Å². The van der Waals surface area contributed by atoms with Gasteiger partial charge in [0.1, 0.15) is 25.5 Å². The van der Waals surface area contributed by atoms with E-state index in [0.29, 0.717) is 26.6 Å². The minimum atomic E-state index is -2.52. The van der Waals surface area contributed by atoms with E-state index in [1.54, 1.807) is 42.0 Å². The molecule has 0 saturated carbocycles. The number of halogens is 2. The summed E-state index contributed by atoms with van der Waals surface area (Å²) in [5, 5.41) is 21.9. The van der Waals surface area contributed by atoms with Crippen LogP contribution in [-0.4, -0.2) is 50.2 Å². The lowest BCUT2D eigenvalue weighted by Crippen LogP contribution is -2.28. The van der Waals surface area contributed by atoms with Crippen molar-refractivity contribution in [3.05, 3.63) is 56.4 Å². The zero-order chi connectivity index (χ0) is 25.3. The maximum absolute atomic E-state index is 12.1. The van der Waals surface area contributed by atoms with E-state index in [1.807, 2.05) is 0 Å². The molecule has 188 valence electrons. The minimum Gasteiger partial charge on any atom is -0.390 e. The summed E-state index contributed by atoms with van der Waals surface area (Å²) < 4.78 is 30.1. The summed E-state index contributed by atoms with van der Waals surface area (Å²) in [6.45, 7) is 1.54. The molecular formula is C21H24Cl2N4O7P+. The Hall–Kier alpha value is -2.08. The molecule has 0 aliphatic carbocycles. The normalized spacial score (nSPS) is 23.6. The molecule has 2 aromatic heterocycles. The fourth-order valence-electron chi connectivity index (χ4n) is 3.91. The quantitative estimate of drug-likeness (QED) is 0.295. The summed E-state index contributed by atoms with van der Waals surface area (Å²) in [5.41, 5.74) is 6.16. The molecule has 6 unspecified atom stereocenters. The van der Waals surface area contributed by atoms with Crippen molar-refractivity contribution in [2.45, 2.75) is 37.9 Å². The molecule has 1 fully saturated rings. The van der Waals surface area contributed by atoms with E-state index >= 15 is 0 Å². The highest BCUT2D eigenvalue weighted by Gasteiger charge is 2.44. The highest BCUT2D eigenvalue weighted by molar-refractivity contribution is 7.33. The Bertz CT molecular complexity index is 1290. The number of nitrogens with two attached hydrogens (primary N) is 1. The number of benzene rings is 1. The molecule has 11 nitrogen and oxygen atoms in total. The second-order valence-electron chi connectivity index (χ2n) is 8.16. The fraction of sp³-hybridized carbons (Fsp3) is 0.429. The second kappa shape index (κ2) is 10.9. The molecule has 14 heteroatoms. The van der Waals surface area contributed by atoms with Crippen molar-refractivity contribution in [2.75, 3.05) is 18.9 Å². The van der Waals surface area contributed by atoms with E-state index < -0.39 is 32.8 Å². The van der Waals surface area contributed by atoms with Gasteiger partial charge in [0.2, 0.25) is 5.95 Å². The van der Waals surface area contributed by atoms with Crippen molar-refractivity contribution in [2.24, 2.45) is 5.92 Å². The number of hydrogen-bond donors (Lipinski definition) is 4. The van der Waals surface area contributed by atoms with Gasteiger partial charge in [-0.25, -0.2) is 0 Å². The smallest absolute Gasteiger partial charge is 0.390 e. The molecule has 1 saturated heterocycles. The van der Waals surface area contributed by atoms with Crippen LogP contribution in [0.15, 0.2) is 35.3 Å². The first-order valence-corrected chi connectivity index (χ1v) is 12.6. The maximum Gasteiger partial charge on any atom is 0.697 e. The summed E-state index contributed by atoms with van der Waals surface area (Å²) in [7, 11) is -2.52. The SMILES string of the molecule is CC1C(O)C(CO[P+](=O)OCCC(O)c2ccc(Cl)c(Cl)c2)OC1n1ccc2c(=O)[nH]c(N)nc21. The average molecular weight is 546 g/mol. The fourth-order valence-corrected chi connectivity index (χ4v) is 4.81. The van der Waals surface area contributed by atoms with Gasteiger partial charge >= 0.3 is 8.25 Å². The predicted molar refractivity (Wildman–Crippen MR) is 129 cm³/mol. The van der Waals surface area contributed by atoms with Crippen molar-refractivity contribution >= 4 is 48.4 Å². The van der Waals surface area contributed by atoms with Crippen LogP contribution in [-0.2, 0) is 18.3 Å². The van der Waals surface area contributed by atoms with E-state index in [0.717, 1.165) is 0 Å². The highest BCUT2D eigenvalue weighted by Crippen LogP contribution is 2.38. The molecule has 1 aliphatic heterocycles. The van der Waals surface area contributed by atoms with Crippen molar-refractivity contribution in [1.29, 1.82) is 0 Å². The molecule has 35 heavy (non-hydrogen) atoms. The monoisotopic (exact) mass is 545 g/mol. The minimum absolute atomic E-state index is 0.0352. The predicted octanol–water partition coefficient (Wildman–Crippen LogP) is 3.32. The number of rotatable bonds is 9. The summed E-state index contributed by atoms with van der Waals surface area (Å²) in [6.07, 6.45) is -1.48. The lowest BCUT2D eigenvalue weighted by atomic mass is 10.0. The van der Waals surface area contributed by atoms with Crippen LogP contribution in [0.25, 0.3) is 11.0 Å². The van der Waals surface area contributed by atoms with Crippen molar-refractivity contribution < 1.29 is 28.6 Å². The second-order valence-corrected chi connectivity index (χ2v) is 9.93. The van der Waals surface area contributed by atoms with Gasteiger partial charge in [0.25, 0.3) is 5.56 Å². The van der Waals surface area contributed by atoms with Crippen LogP contribution in [0.4, 0.5) is 5.95 Å². The zero-order valence-electron chi connectivity index (χ0n) is 18.5. The molecule has 6 atom stereocenters. The Morgan fingerprint density at radius 1 is 1.31 bits per heavy atom. The van der Waals surface area contributed by atoms with Crippen LogP contribution in [0, 0.1) is 5.92 Å². The Balaban J connectivity index is 1.29. The number of ether oxygens (including phenoxy) is 1. The first-order valence-electron chi connectivity index (χ1n) is 10.7. The maximum atomic E-state index is 12.1. The first-order chi connectivity index (χ1) is 16.7. The van der Waals surface area contributed by atoms with E-state index in [1.165, 1.54) is 0 Å². The lowest BCUT2D eigenvalue weighted by Gasteiger charge is -2.18. The van der Waals surface area contributed by atoms with E-state index in [4.69, 9.17) is 42.7 Å². The molecule has 0 spiro atoms. The molecule has 4 rings (SSSR count). The molecule has 1 aromatic carbocycles. The molecular weight excluding hydrogens is 522 g/mol. The Morgan fingerprint density at radius 2 is 2.09 bits per heavy atom. The number of fused-ring (bicyclic) bond motifs is 1. The molecule has 0 bridgehead atoms. The molecule has 3 heterocycles. The number of aromatic nitrogens is 3. The Morgan fingerprint density at radius 3 is 2.83 bits per heavy atom. The van der Waals surface area contributed by atoms with Gasteiger partial charge in [-0.15, -0.1) is 9.05 Å². The number of nitrogens with zero attached hydrogens (tertiary/aromatic N) is 2. The molecule has 0 amide bonds. The first kappa shape index (κ1) is 26.0. The summed E-state index contributed by atoms with van der Waals surface area (Å²) >= 11 is 11.8. The number of anilines is 1. The Kier molecular flexibility index (Phi) is 8.09. The van der Waals surface area contributed by atoms with Gasteiger partial charge in [-0.3, -0.25) is 9.78 Å². The largest absolute Gasteiger partial charge is 0.697 e. The molecule has 0 radical (unpaired) electrons. The lowest BCUT2D eigenvalue weighted by molar-refractivity contribution is -0.0407. The number of hydrogen-bond acceptors (Lipinski definition) is 9. The van der Waals surface area contributed by atoms with Crippen LogP contribution < -0.4 is 11.3 Å². The van der Waals surface area contributed by atoms with Crippen LogP contribution in [0.5, 0.6) is 0 Å². The van der Waals surface area contributed by atoms with E-state index in [-0.39, 0.29) is 37.1 Å². The zero-order valence-corrected chi connectivity index (χ0v) is 20.9. The topological polar surface area (TPSA) is 162 Å².